The first-order valence-corrected chi connectivity index (χ1v) is 5.92. The molecule has 92 valence electrons. The number of carbonyl (C=O) groups excluding carboxylic acids is 1. The van der Waals surface area contributed by atoms with E-state index in [9.17, 15) is 14.3 Å². The summed E-state index contributed by atoms with van der Waals surface area (Å²) in [7, 11) is 0. The quantitative estimate of drug-likeness (QED) is 0.846. The summed E-state index contributed by atoms with van der Waals surface area (Å²) in [6.07, 6.45) is 4.29. The number of halogens is 1. The highest BCUT2D eigenvalue weighted by Gasteiger charge is 2.18. The van der Waals surface area contributed by atoms with E-state index in [1.165, 1.54) is 18.2 Å². The van der Waals surface area contributed by atoms with Gasteiger partial charge in [0, 0.05) is 11.6 Å². The van der Waals surface area contributed by atoms with Crippen LogP contribution in [0, 0.1) is 5.82 Å². The fourth-order valence-electron chi connectivity index (χ4n) is 2.22. The van der Waals surface area contributed by atoms with Crippen molar-refractivity contribution in [2.75, 3.05) is 0 Å². The third-order valence-corrected chi connectivity index (χ3v) is 3.10. The van der Waals surface area contributed by atoms with Gasteiger partial charge in [-0.1, -0.05) is 12.8 Å². The molecule has 1 saturated carbocycles. The molecule has 17 heavy (non-hydrogen) atoms. The Hall–Kier alpha value is -1.58. The molecule has 0 spiro atoms. The molecule has 0 atom stereocenters. The number of hydrogen-bond acceptors (Lipinski definition) is 2. The minimum absolute atomic E-state index is 0.0171. The van der Waals surface area contributed by atoms with Gasteiger partial charge in [-0.15, -0.1) is 0 Å². The van der Waals surface area contributed by atoms with E-state index in [1.807, 2.05) is 0 Å². The lowest BCUT2D eigenvalue weighted by Gasteiger charge is -2.12. The van der Waals surface area contributed by atoms with Gasteiger partial charge in [-0.05, 0) is 31.0 Å². The molecule has 1 aromatic rings. The third-order valence-electron chi connectivity index (χ3n) is 3.10. The molecule has 1 aromatic carbocycles. The summed E-state index contributed by atoms with van der Waals surface area (Å²) in [5.41, 5.74) is 0.237. The lowest BCUT2D eigenvalue weighted by Crippen LogP contribution is -2.33. The molecule has 0 unspecified atom stereocenters. The number of amides is 1. The number of hydrogen-bond donors (Lipinski definition) is 2. The fourth-order valence-corrected chi connectivity index (χ4v) is 2.22. The summed E-state index contributed by atoms with van der Waals surface area (Å²) in [6.45, 7) is 0. The van der Waals surface area contributed by atoms with E-state index in [4.69, 9.17) is 0 Å². The highest BCUT2D eigenvalue weighted by Crippen LogP contribution is 2.19. The number of rotatable bonds is 3. The summed E-state index contributed by atoms with van der Waals surface area (Å²) >= 11 is 0. The second kappa shape index (κ2) is 5.17. The zero-order valence-corrected chi connectivity index (χ0v) is 9.58. The van der Waals surface area contributed by atoms with Gasteiger partial charge in [-0.25, -0.2) is 4.39 Å². The summed E-state index contributed by atoms with van der Waals surface area (Å²) in [6, 6.07) is 3.98. The molecule has 1 aliphatic rings. The first kappa shape index (κ1) is 11.9. The van der Waals surface area contributed by atoms with Crippen LogP contribution in [0.4, 0.5) is 4.39 Å². The number of carbonyl (C=O) groups is 1. The first-order valence-electron chi connectivity index (χ1n) is 5.92. The van der Waals surface area contributed by atoms with Crippen molar-refractivity contribution in [3.8, 4) is 5.75 Å². The number of phenolic OH excluding ortho intramolecular Hbond substituents is 1. The maximum Gasteiger partial charge on any atom is 0.224 e. The Morgan fingerprint density at radius 2 is 2.12 bits per heavy atom. The van der Waals surface area contributed by atoms with E-state index in [0.717, 1.165) is 25.7 Å². The van der Waals surface area contributed by atoms with Crippen molar-refractivity contribution in [3.63, 3.8) is 0 Å². The summed E-state index contributed by atoms with van der Waals surface area (Å²) in [5.74, 6) is -0.652. The van der Waals surface area contributed by atoms with Gasteiger partial charge >= 0.3 is 0 Å². The van der Waals surface area contributed by atoms with Crippen LogP contribution >= 0.6 is 0 Å². The number of benzene rings is 1. The molecule has 0 aromatic heterocycles. The van der Waals surface area contributed by atoms with Crippen molar-refractivity contribution < 1.29 is 14.3 Å². The molecular weight excluding hydrogens is 221 g/mol. The molecule has 4 heteroatoms. The van der Waals surface area contributed by atoms with E-state index in [2.05, 4.69) is 5.32 Å². The van der Waals surface area contributed by atoms with Crippen molar-refractivity contribution in [3.05, 3.63) is 29.6 Å². The lowest BCUT2D eigenvalue weighted by atomic mass is 10.1. The first-order chi connectivity index (χ1) is 8.15. The molecule has 2 rings (SSSR count). The smallest absolute Gasteiger partial charge is 0.224 e. The van der Waals surface area contributed by atoms with Gasteiger partial charge < -0.3 is 10.4 Å². The number of aromatic hydroxyl groups is 1. The van der Waals surface area contributed by atoms with Crippen LogP contribution in [0.3, 0.4) is 0 Å². The predicted octanol–water partition coefficient (Wildman–Crippen LogP) is 2.13. The molecule has 1 aliphatic carbocycles. The minimum Gasteiger partial charge on any atom is -0.508 e. The molecule has 0 aliphatic heterocycles. The SMILES string of the molecule is O=C(Cc1cc(O)ccc1F)NC1CCCC1. The van der Waals surface area contributed by atoms with Crippen LogP contribution in [0.25, 0.3) is 0 Å². The second-order valence-corrected chi connectivity index (χ2v) is 4.50. The Balaban J connectivity index is 1.95. The van der Waals surface area contributed by atoms with Crippen LogP contribution in [0.5, 0.6) is 5.75 Å². The van der Waals surface area contributed by atoms with Gasteiger partial charge in [0.25, 0.3) is 0 Å². The predicted molar refractivity (Wildman–Crippen MR) is 62.2 cm³/mol. The Labute approximate surface area is 99.7 Å². The molecule has 1 fully saturated rings. The van der Waals surface area contributed by atoms with Gasteiger partial charge in [-0.2, -0.15) is 0 Å². The van der Waals surface area contributed by atoms with Crippen LogP contribution in [-0.2, 0) is 11.2 Å². The normalized spacial score (nSPS) is 16.1. The van der Waals surface area contributed by atoms with Crippen LogP contribution in [-0.4, -0.2) is 17.1 Å². The van der Waals surface area contributed by atoms with E-state index >= 15 is 0 Å². The van der Waals surface area contributed by atoms with Crippen molar-refractivity contribution in [2.45, 2.75) is 38.1 Å². The van der Waals surface area contributed by atoms with Gasteiger partial charge in [0.05, 0.1) is 6.42 Å². The van der Waals surface area contributed by atoms with Gasteiger partial charge in [0.1, 0.15) is 11.6 Å². The Bertz CT molecular complexity index is 414. The summed E-state index contributed by atoms with van der Waals surface area (Å²) < 4.78 is 13.4. The minimum atomic E-state index is -0.454. The van der Waals surface area contributed by atoms with Crippen LogP contribution < -0.4 is 5.32 Å². The molecule has 0 saturated heterocycles. The second-order valence-electron chi connectivity index (χ2n) is 4.50. The van der Waals surface area contributed by atoms with E-state index < -0.39 is 5.82 Å². The van der Waals surface area contributed by atoms with E-state index in [1.54, 1.807) is 0 Å². The zero-order chi connectivity index (χ0) is 12.3. The molecule has 2 N–H and O–H groups in total. The molecular formula is C13H16FNO2. The van der Waals surface area contributed by atoms with Crippen molar-refractivity contribution in [1.29, 1.82) is 0 Å². The average Bonchev–Trinajstić information content (AvgIpc) is 2.76. The standard InChI is InChI=1S/C13H16FNO2/c14-12-6-5-11(16)7-9(12)8-13(17)15-10-3-1-2-4-10/h5-7,10,16H,1-4,8H2,(H,15,17). The topological polar surface area (TPSA) is 49.3 Å². The molecule has 3 nitrogen and oxygen atoms in total. The monoisotopic (exact) mass is 237 g/mol. The fraction of sp³-hybridized carbons (Fsp3) is 0.462. The largest absolute Gasteiger partial charge is 0.508 e. The maximum atomic E-state index is 13.4. The maximum absolute atomic E-state index is 13.4. The van der Waals surface area contributed by atoms with E-state index in [-0.39, 0.29) is 29.7 Å². The Morgan fingerprint density at radius 1 is 1.41 bits per heavy atom. The summed E-state index contributed by atoms with van der Waals surface area (Å²) in [4.78, 5) is 11.7. The highest BCUT2D eigenvalue weighted by molar-refractivity contribution is 5.79. The number of phenols is 1. The van der Waals surface area contributed by atoms with E-state index in [0.29, 0.717) is 0 Å². The van der Waals surface area contributed by atoms with Crippen molar-refractivity contribution in [2.24, 2.45) is 0 Å². The molecule has 0 bridgehead atoms. The number of nitrogens with one attached hydrogen (secondary N) is 1. The van der Waals surface area contributed by atoms with Crippen LogP contribution in [0.1, 0.15) is 31.2 Å². The van der Waals surface area contributed by atoms with Gasteiger partial charge in [0.15, 0.2) is 0 Å². The Morgan fingerprint density at radius 3 is 2.82 bits per heavy atom. The van der Waals surface area contributed by atoms with Crippen LogP contribution in [0.15, 0.2) is 18.2 Å². The van der Waals surface area contributed by atoms with Crippen molar-refractivity contribution >= 4 is 5.91 Å². The van der Waals surface area contributed by atoms with Gasteiger partial charge in [0.2, 0.25) is 5.91 Å². The lowest BCUT2D eigenvalue weighted by molar-refractivity contribution is -0.121. The zero-order valence-electron chi connectivity index (χ0n) is 9.58. The van der Waals surface area contributed by atoms with Gasteiger partial charge in [-0.3, -0.25) is 4.79 Å². The molecule has 1 amide bonds. The highest BCUT2D eigenvalue weighted by atomic mass is 19.1. The Kier molecular flexibility index (Phi) is 3.61. The molecule has 0 heterocycles. The average molecular weight is 237 g/mol. The molecule has 0 radical (unpaired) electrons. The summed E-state index contributed by atoms with van der Waals surface area (Å²) in [5, 5.41) is 12.1. The van der Waals surface area contributed by atoms with Crippen molar-refractivity contribution in [1.82, 2.24) is 5.32 Å². The van der Waals surface area contributed by atoms with Crippen LogP contribution in [0.2, 0.25) is 0 Å². The third kappa shape index (κ3) is 3.19.